The largest absolute Gasteiger partial charge is 0.489 e. The van der Waals surface area contributed by atoms with Gasteiger partial charge >= 0.3 is 0 Å². The van der Waals surface area contributed by atoms with E-state index < -0.39 is 0 Å². The molecular formula is C19H24N4O3. The van der Waals surface area contributed by atoms with Crippen molar-refractivity contribution in [1.82, 2.24) is 20.0 Å². The van der Waals surface area contributed by atoms with Crippen molar-refractivity contribution in [1.29, 1.82) is 0 Å². The summed E-state index contributed by atoms with van der Waals surface area (Å²) in [7, 11) is 0. The summed E-state index contributed by atoms with van der Waals surface area (Å²) in [6.45, 7) is 7.03. The first-order chi connectivity index (χ1) is 12.5. The fourth-order valence-corrected chi connectivity index (χ4v) is 4.37. The van der Waals surface area contributed by atoms with Gasteiger partial charge in [-0.3, -0.25) is 9.78 Å². The number of hydrogen-bond donors (Lipinski definition) is 0. The Morgan fingerprint density at radius 1 is 1.46 bits per heavy atom. The van der Waals surface area contributed by atoms with E-state index in [1.165, 1.54) is 0 Å². The van der Waals surface area contributed by atoms with Gasteiger partial charge in [-0.25, -0.2) is 0 Å². The Hall–Kier alpha value is -2.44. The van der Waals surface area contributed by atoms with Crippen LogP contribution in [0.25, 0.3) is 0 Å². The number of aryl methyl sites for hydroxylation is 1. The SMILES string of the molecule is Cc1noc([C@]23CCC[C@H]2CN(C(=O)c2ccncc2OC(C)C)C3)n1. The Labute approximate surface area is 152 Å². The van der Waals surface area contributed by atoms with Crippen LogP contribution in [0.2, 0.25) is 0 Å². The number of hydrogen-bond acceptors (Lipinski definition) is 6. The molecule has 1 amide bonds. The molecule has 0 aromatic carbocycles. The molecule has 0 spiro atoms. The first kappa shape index (κ1) is 17.0. The van der Waals surface area contributed by atoms with Gasteiger partial charge in [0.2, 0.25) is 5.89 Å². The molecule has 7 nitrogen and oxygen atoms in total. The van der Waals surface area contributed by atoms with Gasteiger partial charge in [0.15, 0.2) is 11.6 Å². The van der Waals surface area contributed by atoms with Gasteiger partial charge < -0.3 is 14.2 Å². The maximum absolute atomic E-state index is 13.2. The second-order valence-corrected chi connectivity index (χ2v) is 7.62. The first-order valence-electron chi connectivity index (χ1n) is 9.20. The lowest BCUT2D eigenvalue weighted by Crippen LogP contribution is -2.35. The maximum atomic E-state index is 13.2. The average Bonchev–Trinajstić information content (AvgIpc) is 3.27. The molecule has 3 heterocycles. The lowest BCUT2D eigenvalue weighted by atomic mass is 9.80. The van der Waals surface area contributed by atoms with Crippen LogP contribution < -0.4 is 4.74 Å². The van der Waals surface area contributed by atoms with E-state index in [9.17, 15) is 4.79 Å². The molecule has 26 heavy (non-hydrogen) atoms. The summed E-state index contributed by atoms with van der Waals surface area (Å²) >= 11 is 0. The highest BCUT2D eigenvalue weighted by Gasteiger charge is 2.55. The van der Waals surface area contributed by atoms with Gasteiger partial charge in [-0.2, -0.15) is 4.98 Å². The Bertz CT molecular complexity index is 819. The number of rotatable bonds is 4. The van der Waals surface area contributed by atoms with Crippen molar-refractivity contribution in [3.05, 3.63) is 35.7 Å². The number of nitrogens with zero attached hydrogens (tertiary/aromatic N) is 4. The van der Waals surface area contributed by atoms with Crippen LogP contribution >= 0.6 is 0 Å². The fraction of sp³-hybridized carbons (Fsp3) is 0.579. The van der Waals surface area contributed by atoms with Crippen molar-refractivity contribution in [3.8, 4) is 5.75 Å². The number of fused-ring (bicyclic) bond motifs is 1. The molecule has 1 saturated heterocycles. The molecule has 138 valence electrons. The van der Waals surface area contributed by atoms with E-state index in [0.29, 0.717) is 42.0 Å². The van der Waals surface area contributed by atoms with Crippen LogP contribution in [-0.2, 0) is 5.41 Å². The van der Waals surface area contributed by atoms with Gasteiger partial charge in [0.1, 0.15) is 0 Å². The van der Waals surface area contributed by atoms with Crippen LogP contribution in [-0.4, -0.2) is 45.1 Å². The van der Waals surface area contributed by atoms with Crippen molar-refractivity contribution >= 4 is 5.91 Å². The van der Waals surface area contributed by atoms with E-state index >= 15 is 0 Å². The molecular weight excluding hydrogens is 332 g/mol. The lowest BCUT2D eigenvalue weighted by molar-refractivity contribution is 0.0768. The molecule has 7 heteroatoms. The molecule has 2 aromatic rings. The highest BCUT2D eigenvalue weighted by molar-refractivity contribution is 5.97. The minimum absolute atomic E-state index is 0.0172. The average molecular weight is 356 g/mol. The van der Waals surface area contributed by atoms with Gasteiger partial charge in [-0.05, 0) is 45.6 Å². The number of ether oxygens (including phenoxy) is 1. The lowest BCUT2D eigenvalue weighted by Gasteiger charge is -2.24. The van der Waals surface area contributed by atoms with Crippen molar-refractivity contribution in [3.63, 3.8) is 0 Å². The normalized spacial score (nSPS) is 24.9. The summed E-state index contributed by atoms with van der Waals surface area (Å²) in [6, 6.07) is 1.73. The van der Waals surface area contributed by atoms with Gasteiger partial charge in [0, 0.05) is 19.3 Å². The Balaban J connectivity index is 1.62. The number of carbonyl (C=O) groups excluding carboxylic acids is 1. The predicted octanol–water partition coefficient (Wildman–Crippen LogP) is 2.75. The Morgan fingerprint density at radius 2 is 2.31 bits per heavy atom. The minimum Gasteiger partial charge on any atom is -0.489 e. The predicted molar refractivity (Wildman–Crippen MR) is 94.0 cm³/mol. The number of carbonyl (C=O) groups is 1. The topological polar surface area (TPSA) is 81.4 Å². The zero-order valence-electron chi connectivity index (χ0n) is 15.4. The summed E-state index contributed by atoms with van der Waals surface area (Å²) in [5.41, 5.74) is 0.355. The third kappa shape index (κ3) is 2.75. The van der Waals surface area contributed by atoms with E-state index in [0.717, 1.165) is 19.3 Å². The summed E-state index contributed by atoms with van der Waals surface area (Å²) in [5.74, 6) is 2.20. The van der Waals surface area contributed by atoms with E-state index in [1.807, 2.05) is 25.7 Å². The van der Waals surface area contributed by atoms with Crippen molar-refractivity contribution < 1.29 is 14.1 Å². The molecule has 4 rings (SSSR count). The summed E-state index contributed by atoms with van der Waals surface area (Å²) < 4.78 is 11.3. The highest BCUT2D eigenvalue weighted by atomic mass is 16.5. The van der Waals surface area contributed by atoms with Crippen molar-refractivity contribution in [2.45, 2.75) is 51.6 Å². The number of likely N-dealkylation sites (tertiary alicyclic amines) is 1. The molecule has 0 unspecified atom stereocenters. The summed E-state index contributed by atoms with van der Waals surface area (Å²) in [5, 5.41) is 3.97. The van der Waals surface area contributed by atoms with Gasteiger partial charge in [0.05, 0.1) is 23.3 Å². The molecule has 0 radical (unpaired) electrons. The number of pyridine rings is 1. The Morgan fingerprint density at radius 3 is 3.04 bits per heavy atom. The zero-order chi connectivity index (χ0) is 18.3. The molecule has 2 fully saturated rings. The highest BCUT2D eigenvalue weighted by Crippen LogP contribution is 2.50. The van der Waals surface area contributed by atoms with Gasteiger partial charge in [-0.1, -0.05) is 11.6 Å². The quantitative estimate of drug-likeness (QED) is 0.838. The van der Waals surface area contributed by atoms with Crippen molar-refractivity contribution in [2.75, 3.05) is 13.1 Å². The van der Waals surface area contributed by atoms with Gasteiger partial charge in [0.25, 0.3) is 5.91 Å². The summed E-state index contributed by atoms with van der Waals surface area (Å²) in [4.78, 5) is 23.7. The van der Waals surface area contributed by atoms with Crippen molar-refractivity contribution in [2.24, 2.45) is 5.92 Å². The van der Waals surface area contributed by atoms with E-state index in [4.69, 9.17) is 9.26 Å². The fourth-order valence-electron chi connectivity index (χ4n) is 4.37. The Kier molecular flexibility index (Phi) is 4.17. The second-order valence-electron chi connectivity index (χ2n) is 7.62. The molecule has 1 aliphatic heterocycles. The smallest absolute Gasteiger partial charge is 0.257 e. The van der Waals surface area contributed by atoms with E-state index in [1.54, 1.807) is 18.5 Å². The van der Waals surface area contributed by atoms with Crippen LogP contribution in [0, 0.1) is 12.8 Å². The standard InChI is InChI=1S/C19H24N4O3/c1-12(2)25-16-9-20-8-6-15(16)17(24)23-10-14-5-4-7-19(14,11-23)18-21-13(3)22-26-18/h6,8-9,12,14H,4-5,7,10-11H2,1-3H3/t14-,19-/m0/s1. The van der Waals surface area contributed by atoms with E-state index in [-0.39, 0.29) is 17.4 Å². The second kappa shape index (κ2) is 6.37. The third-order valence-corrected chi connectivity index (χ3v) is 5.49. The zero-order valence-corrected chi connectivity index (χ0v) is 15.4. The van der Waals surface area contributed by atoms with Crippen LogP contribution in [0.5, 0.6) is 5.75 Å². The van der Waals surface area contributed by atoms with Crippen LogP contribution in [0.4, 0.5) is 0 Å². The number of aromatic nitrogens is 3. The van der Waals surface area contributed by atoms with E-state index in [2.05, 4.69) is 15.1 Å². The molecule has 2 aliphatic rings. The van der Waals surface area contributed by atoms with Crippen LogP contribution in [0.3, 0.4) is 0 Å². The molecule has 2 aromatic heterocycles. The molecule has 0 bridgehead atoms. The summed E-state index contributed by atoms with van der Waals surface area (Å²) in [6.07, 6.45) is 6.42. The maximum Gasteiger partial charge on any atom is 0.257 e. The van der Waals surface area contributed by atoms with Gasteiger partial charge in [-0.15, -0.1) is 0 Å². The molecule has 2 atom stereocenters. The molecule has 1 aliphatic carbocycles. The minimum atomic E-state index is -0.205. The monoisotopic (exact) mass is 356 g/mol. The van der Waals surface area contributed by atoms with Crippen LogP contribution in [0.1, 0.15) is 55.2 Å². The number of amides is 1. The first-order valence-corrected chi connectivity index (χ1v) is 9.20. The molecule has 1 saturated carbocycles. The molecule has 0 N–H and O–H groups in total. The van der Waals surface area contributed by atoms with Crippen LogP contribution in [0.15, 0.2) is 23.0 Å². The third-order valence-electron chi connectivity index (χ3n) is 5.49.